The van der Waals surface area contributed by atoms with Crippen LogP contribution >= 0.6 is 0 Å². The van der Waals surface area contributed by atoms with Crippen molar-refractivity contribution in [2.75, 3.05) is 16.8 Å². The molecule has 0 spiro atoms. The molecule has 29 heavy (non-hydrogen) atoms. The molecule has 7 nitrogen and oxygen atoms in total. The molecule has 2 amide bonds. The van der Waals surface area contributed by atoms with E-state index < -0.39 is 11.7 Å². The molecule has 0 bridgehead atoms. The second-order valence-corrected chi connectivity index (χ2v) is 7.70. The third-order valence-corrected chi connectivity index (χ3v) is 5.30. The Hall–Kier alpha value is -3.35. The van der Waals surface area contributed by atoms with Crippen molar-refractivity contribution in [1.82, 2.24) is 4.57 Å². The summed E-state index contributed by atoms with van der Waals surface area (Å²) in [4.78, 5) is 38.9. The Bertz CT molecular complexity index is 1160. The number of hydrogen-bond donors (Lipinski definition) is 1. The molecule has 0 radical (unpaired) electrons. The first kappa shape index (κ1) is 19.0. The SMILES string of the molecule is Cc1ccccc1N1CC(C(=O)Nc2ccc3c(c2)oc(=O)n3C(C)C)CC1=O. The van der Waals surface area contributed by atoms with Crippen molar-refractivity contribution in [3.8, 4) is 0 Å². The van der Waals surface area contributed by atoms with E-state index in [-0.39, 0.29) is 24.3 Å². The number of hydrogen-bond acceptors (Lipinski definition) is 4. The average molecular weight is 393 g/mol. The maximum atomic E-state index is 12.8. The Morgan fingerprint density at radius 3 is 2.66 bits per heavy atom. The van der Waals surface area contributed by atoms with Gasteiger partial charge in [0.1, 0.15) is 0 Å². The van der Waals surface area contributed by atoms with Gasteiger partial charge >= 0.3 is 5.76 Å². The molecule has 1 saturated heterocycles. The monoisotopic (exact) mass is 393 g/mol. The molecule has 1 N–H and O–H groups in total. The van der Waals surface area contributed by atoms with E-state index in [0.717, 1.165) is 11.3 Å². The zero-order valence-corrected chi connectivity index (χ0v) is 16.6. The molecule has 1 aromatic heterocycles. The van der Waals surface area contributed by atoms with Crippen LogP contribution in [0.1, 0.15) is 31.9 Å². The van der Waals surface area contributed by atoms with Gasteiger partial charge in [0.2, 0.25) is 11.8 Å². The van der Waals surface area contributed by atoms with Crippen LogP contribution in [-0.2, 0) is 9.59 Å². The predicted molar refractivity (Wildman–Crippen MR) is 111 cm³/mol. The van der Waals surface area contributed by atoms with E-state index in [1.165, 1.54) is 0 Å². The molecule has 1 unspecified atom stereocenters. The van der Waals surface area contributed by atoms with Gasteiger partial charge in [0, 0.05) is 36.4 Å². The highest BCUT2D eigenvalue weighted by Gasteiger charge is 2.35. The van der Waals surface area contributed by atoms with Crippen molar-refractivity contribution in [2.24, 2.45) is 5.92 Å². The highest BCUT2D eigenvalue weighted by atomic mass is 16.4. The number of oxazole rings is 1. The van der Waals surface area contributed by atoms with Crippen molar-refractivity contribution < 1.29 is 14.0 Å². The standard InChI is InChI=1S/C22H23N3O4/c1-13(2)25-18-9-8-16(11-19(18)29-22(25)28)23-21(27)15-10-20(26)24(12-15)17-7-5-4-6-14(17)3/h4-9,11,13,15H,10,12H2,1-3H3,(H,23,27). The van der Waals surface area contributed by atoms with Crippen LogP contribution in [0.5, 0.6) is 0 Å². The Balaban J connectivity index is 1.52. The first-order valence-corrected chi connectivity index (χ1v) is 9.67. The number of carbonyl (C=O) groups excluding carboxylic acids is 2. The lowest BCUT2D eigenvalue weighted by molar-refractivity contribution is -0.122. The summed E-state index contributed by atoms with van der Waals surface area (Å²) in [5, 5.41) is 2.85. The summed E-state index contributed by atoms with van der Waals surface area (Å²) in [6, 6.07) is 12.8. The molecule has 1 atom stereocenters. The van der Waals surface area contributed by atoms with E-state index in [1.807, 2.05) is 45.0 Å². The second-order valence-electron chi connectivity index (χ2n) is 7.70. The van der Waals surface area contributed by atoms with Crippen LogP contribution in [0, 0.1) is 12.8 Å². The minimum Gasteiger partial charge on any atom is -0.408 e. The Labute approximate surface area is 167 Å². The molecule has 4 rings (SSSR count). The molecule has 7 heteroatoms. The number of benzene rings is 2. The first-order valence-electron chi connectivity index (χ1n) is 9.67. The van der Waals surface area contributed by atoms with Gasteiger partial charge in [0.25, 0.3) is 0 Å². The molecule has 1 aliphatic rings. The Morgan fingerprint density at radius 1 is 1.17 bits per heavy atom. The van der Waals surface area contributed by atoms with Gasteiger partial charge in [-0.05, 0) is 44.5 Å². The number of para-hydroxylation sites is 1. The molecule has 0 saturated carbocycles. The molecule has 2 aromatic carbocycles. The maximum absolute atomic E-state index is 12.8. The number of rotatable bonds is 4. The molecular weight excluding hydrogens is 370 g/mol. The van der Waals surface area contributed by atoms with Crippen LogP contribution in [0.3, 0.4) is 0 Å². The summed E-state index contributed by atoms with van der Waals surface area (Å²) in [7, 11) is 0. The number of amides is 2. The van der Waals surface area contributed by atoms with Crippen molar-refractivity contribution in [3.05, 3.63) is 58.6 Å². The fourth-order valence-corrected chi connectivity index (χ4v) is 3.83. The van der Waals surface area contributed by atoms with E-state index >= 15 is 0 Å². The first-order chi connectivity index (χ1) is 13.8. The third kappa shape index (κ3) is 3.44. The topological polar surface area (TPSA) is 84.6 Å². The zero-order chi connectivity index (χ0) is 20.7. The van der Waals surface area contributed by atoms with Gasteiger partial charge in [-0.2, -0.15) is 0 Å². The normalized spacial score (nSPS) is 16.8. The molecular formula is C22H23N3O4. The lowest BCUT2D eigenvalue weighted by atomic mass is 10.1. The Morgan fingerprint density at radius 2 is 1.93 bits per heavy atom. The van der Waals surface area contributed by atoms with Crippen LogP contribution in [0.2, 0.25) is 0 Å². The molecule has 2 heterocycles. The van der Waals surface area contributed by atoms with E-state index in [0.29, 0.717) is 23.3 Å². The Kier molecular flexibility index (Phi) is 4.74. The fourth-order valence-electron chi connectivity index (χ4n) is 3.83. The van der Waals surface area contributed by atoms with Gasteiger partial charge in [-0.3, -0.25) is 14.2 Å². The molecule has 1 fully saturated rings. The molecule has 0 aliphatic carbocycles. The van der Waals surface area contributed by atoms with Gasteiger partial charge in [0.15, 0.2) is 5.58 Å². The minimum atomic E-state index is -0.440. The molecule has 150 valence electrons. The zero-order valence-electron chi connectivity index (χ0n) is 16.6. The summed E-state index contributed by atoms with van der Waals surface area (Å²) >= 11 is 0. The fraction of sp³-hybridized carbons (Fsp3) is 0.318. The van der Waals surface area contributed by atoms with Crippen molar-refractivity contribution in [2.45, 2.75) is 33.2 Å². The number of fused-ring (bicyclic) bond motifs is 1. The third-order valence-electron chi connectivity index (χ3n) is 5.30. The summed E-state index contributed by atoms with van der Waals surface area (Å²) in [5.74, 6) is -1.15. The average Bonchev–Trinajstić information content (AvgIpc) is 3.21. The summed E-state index contributed by atoms with van der Waals surface area (Å²) in [6.07, 6.45) is 0.168. The summed E-state index contributed by atoms with van der Waals surface area (Å²) < 4.78 is 6.87. The quantitative estimate of drug-likeness (QED) is 0.735. The summed E-state index contributed by atoms with van der Waals surface area (Å²) in [6.45, 7) is 6.10. The predicted octanol–water partition coefficient (Wildman–Crippen LogP) is 3.48. The largest absolute Gasteiger partial charge is 0.420 e. The van der Waals surface area contributed by atoms with Crippen LogP contribution in [0.25, 0.3) is 11.1 Å². The van der Waals surface area contributed by atoms with Gasteiger partial charge < -0.3 is 14.6 Å². The smallest absolute Gasteiger partial charge is 0.408 e. The van der Waals surface area contributed by atoms with Gasteiger partial charge in [0.05, 0.1) is 11.4 Å². The molecule has 3 aromatic rings. The van der Waals surface area contributed by atoms with Crippen molar-refractivity contribution in [1.29, 1.82) is 0 Å². The van der Waals surface area contributed by atoms with Gasteiger partial charge in [-0.25, -0.2) is 4.79 Å². The number of carbonyl (C=O) groups is 2. The maximum Gasteiger partial charge on any atom is 0.420 e. The van der Waals surface area contributed by atoms with Gasteiger partial charge in [-0.15, -0.1) is 0 Å². The number of aryl methyl sites for hydroxylation is 1. The number of nitrogens with one attached hydrogen (secondary N) is 1. The second kappa shape index (κ2) is 7.24. The highest BCUT2D eigenvalue weighted by molar-refractivity contribution is 6.04. The van der Waals surface area contributed by atoms with Crippen molar-refractivity contribution >= 4 is 34.3 Å². The van der Waals surface area contributed by atoms with E-state index in [4.69, 9.17) is 4.42 Å². The number of aromatic nitrogens is 1. The van der Waals surface area contributed by atoms with E-state index in [1.54, 1.807) is 27.7 Å². The van der Waals surface area contributed by atoms with Crippen LogP contribution < -0.4 is 16.0 Å². The van der Waals surface area contributed by atoms with Crippen molar-refractivity contribution in [3.63, 3.8) is 0 Å². The lowest BCUT2D eigenvalue weighted by Gasteiger charge is -2.19. The van der Waals surface area contributed by atoms with Crippen LogP contribution in [0.4, 0.5) is 11.4 Å². The van der Waals surface area contributed by atoms with Crippen LogP contribution in [0.15, 0.2) is 51.7 Å². The highest BCUT2D eigenvalue weighted by Crippen LogP contribution is 2.29. The van der Waals surface area contributed by atoms with Crippen LogP contribution in [-0.4, -0.2) is 22.9 Å². The van der Waals surface area contributed by atoms with Gasteiger partial charge in [-0.1, -0.05) is 18.2 Å². The molecule has 1 aliphatic heterocycles. The summed E-state index contributed by atoms with van der Waals surface area (Å²) in [5.41, 5.74) is 3.48. The minimum absolute atomic E-state index is 0.0267. The van der Waals surface area contributed by atoms with E-state index in [9.17, 15) is 14.4 Å². The number of nitrogens with zero attached hydrogens (tertiary/aromatic N) is 2. The number of anilines is 2. The van der Waals surface area contributed by atoms with E-state index in [2.05, 4.69) is 5.32 Å². The lowest BCUT2D eigenvalue weighted by Crippen LogP contribution is -2.28.